The molecule has 128 valence electrons. The Hall–Kier alpha value is -2.82. The molecule has 5 heteroatoms. The van der Waals surface area contributed by atoms with Crippen molar-refractivity contribution < 1.29 is 19.1 Å². The Morgan fingerprint density at radius 3 is 2.32 bits per heavy atom. The average molecular weight is 336 g/mol. The number of amides is 1. The standard InChI is InChI=1S/C20H19NO4/c1-11-2-9-16(25-11)12-5-7-15(8-6-12)21-19(22)17-13-3-4-14(10-13)18(17)20(23)24/h2-9,13-14,17-18H,10H2,1H3,(H,21,22)(H,23,24)/p-1/t13-,14-,17+,18+/m1/s1. The molecule has 0 saturated heterocycles. The summed E-state index contributed by atoms with van der Waals surface area (Å²) in [6.07, 6.45) is 4.57. The summed E-state index contributed by atoms with van der Waals surface area (Å²) in [7, 11) is 0. The van der Waals surface area contributed by atoms with Gasteiger partial charge in [0.2, 0.25) is 5.91 Å². The SMILES string of the molecule is Cc1ccc(-c2ccc(NC(=O)[C@@H]3[C@@H](C(=O)[O-])[C@@H]4C=C[C@@H]3C4)cc2)o1. The van der Waals surface area contributed by atoms with Gasteiger partial charge >= 0.3 is 0 Å². The van der Waals surface area contributed by atoms with Crippen LogP contribution in [0.3, 0.4) is 0 Å². The van der Waals surface area contributed by atoms with Crippen LogP contribution in [0, 0.1) is 30.6 Å². The zero-order valence-corrected chi connectivity index (χ0v) is 13.8. The van der Waals surface area contributed by atoms with E-state index < -0.39 is 17.8 Å². The van der Waals surface area contributed by atoms with E-state index in [-0.39, 0.29) is 17.7 Å². The third kappa shape index (κ3) is 2.76. The molecule has 25 heavy (non-hydrogen) atoms. The summed E-state index contributed by atoms with van der Waals surface area (Å²) in [5.41, 5.74) is 1.56. The summed E-state index contributed by atoms with van der Waals surface area (Å²) in [6.45, 7) is 1.88. The number of aryl methyl sites for hydroxylation is 1. The Kier molecular flexibility index (Phi) is 3.71. The van der Waals surface area contributed by atoms with Crippen LogP contribution in [-0.2, 0) is 9.59 Å². The fourth-order valence-corrected chi connectivity index (χ4v) is 4.03. The second-order valence-corrected chi connectivity index (χ2v) is 6.80. The van der Waals surface area contributed by atoms with Crippen molar-refractivity contribution >= 4 is 17.6 Å². The van der Waals surface area contributed by atoms with Crippen LogP contribution in [-0.4, -0.2) is 11.9 Å². The molecule has 2 aliphatic carbocycles. The van der Waals surface area contributed by atoms with Gasteiger partial charge in [0.05, 0.1) is 5.92 Å². The maximum atomic E-state index is 12.6. The van der Waals surface area contributed by atoms with Gasteiger partial charge < -0.3 is 19.6 Å². The van der Waals surface area contributed by atoms with Gasteiger partial charge in [0.15, 0.2) is 0 Å². The summed E-state index contributed by atoms with van der Waals surface area (Å²) in [6, 6.07) is 11.1. The molecular formula is C20H18NO4-. The van der Waals surface area contributed by atoms with E-state index in [1.54, 1.807) is 12.1 Å². The first-order chi connectivity index (χ1) is 12.0. The number of carbonyl (C=O) groups is 2. The van der Waals surface area contributed by atoms with Crippen LogP contribution >= 0.6 is 0 Å². The van der Waals surface area contributed by atoms with Gasteiger partial charge in [-0.15, -0.1) is 0 Å². The third-order valence-corrected chi connectivity index (χ3v) is 5.21. The maximum Gasteiger partial charge on any atom is 0.228 e. The molecule has 0 radical (unpaired) electrons. The van der Waals surface area contributed by atoms with Gasteiger partial charge in [-0.3, -0.25) is 4.79 Å². The van der Waals surface area contributed by atoms with E-state index in [0.717, 1.165) is 17.1 Å². The quantitative estimate of drug-likeness (QED) is 0.869. The highest BCUT2D eigenvalue weighted by atomic mass is 16.4. The van der Waals surface area contributed by atoms with Crippen LogP contribution in [0.15, 0.2) is 53.0 Å². The number of carboxylic acid groups (broad SMARTS) is 1. The molecule has 1 N–H and O–H groups in total. The lowest BCUT2D eigenvalue weighted by atomic mass is 9.82. The van der Waals surface area contributed by atoms with Crippen molar-refractivity contribution in [1.82, 2.24) is 0 Å². The molecule has 0 spiro atoms. The second-order valence-electron chi connectivity index (χ2n) is 6.80. The number of carboxylic acids is 1. The molecule has 1 saturated carbocycles. The molecule has 1 aromatic heterocycles. The number of fused-ring (bicyclic) bond motifs is 2. The molecule has 1 fully saturated rings. The molecule has 0 unspecified atom stereocenters. The van der Waals surface area contributed by atoms with Gasteiger partial charge in [-0.2, -0.15) is 0 Å². The normalized spacial score (nSPS) is 26.8. The zero-order chi connectivity index (χ0) is 17.6. The molecule has 2 aliphatic rings. The maximum absolute atomic E-state index is 12.6. The third-order valence-electron chi connectivity index (χ3n) is 5.21. The molecule has 0 aliphatic heterocycles. The van der Waals surface area contributed by atoms with Gasteiger partial charge in [-0.1, -0.05) is 12.2 Å². The van der Waals surface area contributed by atoms with Crippen molar-refractivity contribution in [3.63, 3.8) is 0 Å². The lowest BCUT2D eigenvalue weighted by Crippen LogP contribution is -2.42. The largest absolute Gasteiger partial charge is 0.550 e. The number of anilines is 1. The molecule has 1 heterocycles. The first-order valence-electron chi connectivity index (χ1n) is 8.40. The number of furan rings is 1. The van der Waals surface area contributed by atoms with Crippen LogP contribution in [0.2, 0.25) is 0 Å². The topological polar surface area (TPSA) is 82.4 Å². The minimum atomic E-state index is -1.14. The average Bonchev–Trinajstić information content (AvgIpc) is 3.30. The highest BCUT2D eigenvalue weighted by molar-refractivity contribution is 5.96. The number of allylic oxidation sites excluding steroid dienone is 2. The summed E-state index contributed by atoms with van der Waals surface area (Å²) in [5, 5.41) is 14.3. The van der Waals surface area contributed by atoms with Crippen LogP contribution < -0.4 is 10.4 Å². The highest BCUT2D eigenvalue weighted by Crippen LogP contribution is 2.48. The lowest BCUT2D eigenvalue weighted by molar-refractivity contribution is -0.313. The van der Waals surface area contributed by atoms with Crippen molar-refractivity contribution in [1.29, 1.82) is 0 Å². The van der Waals surface area contributed by atoms with E-state index in [1.807, 2.05) is 43.3 Å². The van der Waals surface area contributed by atoms with E-state index in [4.69, 9.17) is 4.42 Å². The number of nitrogens with one attached hydrogen (secondary N) is 1. The van der Waals surface area contributed by atoms with E-state index in [0.29, 0.717) is 12.1 Å². The van der Waals surface area contributed by atoms with Gasteiger partial charge in [0.1, 0.15) is 11.5 Å². The highest BCUT2D eigenvalue weighted by Gasteiger charge is 2.48. The molecule has 4 rings (SSSR count). The molecule has 2 bridgehead atoms. The van der Waals surface area contributed by atoms with Crippen LogP contribution in [0.1, 0.15) is 12.2 Å². The van der Waals surface area contributed by atoms with Gasteiger partial charge in [-0.25, -0.2) is 0 Å². The summed E-state index contributed by atoms with van der Waals surface area (Å²) < 4.78 is 5.58. The van der Waals surface area contributed by atoms with Gasteiger partial charge in [-0.05, 0) is 61.6 Å². The van der Waals surface area contributed by atoms with Crippen molar-refractivity contribution in [2.45, 2.75) is 13.3 Å². The van der Waals surface area contributed by atoms with E-state index >= 15 is 0 Å². The number of benzene rings is 1. The Bertz CT molecular complexity index is 849. The predicted octanol–water partition coefficient (Wildman–Crippen LogP) is 2.38. The molecule has 2 aromatic rings. The summed E-state index contributed by atoms with van der Waals surface area (Å²) in [5.74, 6) is -1.19. The summed E-state index contributed by atoms with van der Waals surface area (Å²) >= 11 is 0. The number of hydrogen-bond donors (Lipinski definition) is 1. The Labute approximate surface area is 145 Å². The number of carbonyl (C=O) groups excluding carboxylic acids is 2. The van der Waals surface area contributed by atoms with Gasteiger partial charge in [0.25, 0.3) is 0 Å². The number of hydrogen-bond acceptors (Lipinski definition) is 4. The Balaban J connectivity index is 1.49. The minimum absolute atomic E-state index is 0.0155. The molecule has 1 amide bonds. The monoisotopic (exact) mass is 336 g/mol. The van der Waals surface area contributed by atoms with Crippen molar-refractivity contribution in [2.75, 3.05) is 5.32 Å². The van der Waals surface area contributed by atoms with Crippen LogP contribution in [0.25, 0.3) is 11.3 Å². The van der Waals surface area contributed by atoms with Crippen LogP contribution in [0.4, 0.5) is 5.69 Å². The first kappa shape index (κ1) is 15.7. The van der Waals surface area contributed by atoms with E-state index in [9.17, 15) is 14.7 Å². The van der Waals surface area contributed by atoms with Gasteiger partial charge in [0, 0.05) is 23.1 Å². The van der Waals surface area contributed by atoms with Crippen molar-refractivity contribution in [3.05, 3.63) is 54.3 Å². The van der Waals surface area contributed by atoms with Crippen molar-refractivity contribution in [3.8, 4) is 11.3 Å². The zero-order valence-electron chi connectivity index (χ0n) is 13.8. The van der Waals surface area contributed by atoms with Crippen molar-refractivity contribution in [2.24, 2.45) is 23.7 Å². The minimum Gasteiger partial charge on any atom is -0.550 e. The smallest absolute Gasteiger partial charge is 0.228 e. The molecule has 5 nitrogen and oxygen atoms in total. The van der Waals surface area contributed by atoms with Crippen LogP contribution in [0.5, 0.6) is 0 Å². The first-order valence-corrected chi connectivity index (χ1v) is 8.40. The Morgan fingerprint density at radius 2 is 1.72 bits per heavy atom. The van der Waals surface area contributed by atoms with E-state index in [1.165, 1.54) is 0 Å². The fraction of sp³-hybridized carbons (Fsp3) is 0.300. The number of aliphatic carboxylic acids is 1. The summed E-state index contributed by atoms with van der Waals surface area (Å²) in [4.78, 5) is 24.0. The Morgan fingerprint density at radius 1 is 1.04 bits per heavy atom. The lowest BCUT2D eigenvalue weighted by Gasteiger charge is -2.27. The molecule has 4 atom stereocenters. The van der Waals surface area contributed by atoms with E-state index in [2.05, 4.69) is 5.32 Å². The second kappa shape index (κ2) is 5.92. The molecule has 1 aromatic carbocycles. The molecular weight excluding hydrogens is 318 g/mol. The predicted molar refractivity (Wildman–Crippen MR) is 90.2 cm³/mol. The fourth-order valence-electron chi connectivity index (χ4n) is 4.03. The number of rotatable bonds is 4.